The smallest absolute Gasteiger partial charge is 0.305 e. The van der Waals surface area contributed by atoms with Crippen molar-refractivity contribution in [2.75, 3.05) is 6.61 Å². The lowest BCUT2D eigenvalue weighted by Crippen LogP contribution is -2.14. The zero-order valence-electron chi connectivity index (χ0n) is 11.3. The van der Waals surface area contributed by atoms with Crippen LogP contribution in [0, 0.1) is 5.92 Å². The van der Waals surface area contributed by atoms with E-state index in [-0.39, 0.29) is 18.8 Å². The molecule has 0 radical (unpaired) electrons. The van der Waals surface area contributed by atoms with Crippen LogP contribution in [-0.4, -0.2) is 17.7 Å². The number of benzene rings is 1. The Labute approximate surface area is 120 Å². The molecule has 1 aromatic rings. The fourth-order valence-electron chi connectivity index (χ4n) is 1.53. The van der Waals surface area contributed by atoms with Gasteiger partial charge in [-0.15, -0.1) is 12.4 Å². The molecule has 0 saturated heterocycles. The van der Waals surface area contributed by atoms with Crippen LogP contribution in [0.2, 0.25) is 0 Å². The molecule has 0 aliphatic rings. The summed E-state index contributed by atoms with van der Waals surface area (Å²) in [5.41, 5.74) is 6.58. The maximum Gasteiger partial charge on any atom is 0.305 e. The maximum atomic E-state index is 10.6. The first-order chi connectivity index (χ1) is 8.49. The summed E-state index contributed by atoms with van der Waals surface area (Å²) in [6, 6.07) is 6.83. The van der Waals surface area contributed by atoms with Gasteiger partial charge in [-0.25, -0.2) is 0 Å². The highest BCUT2D eigenvalue weighted by atomic mass is 35.5. The van der Waals surface area contributed by atoms with Gasteiger partial charge in [0.05, 0.1) is 13.0 Å². The van der Waals surface area contributed by atoms with Gasteiger partial charge >= 0.3 is 5.97 Å². The van der Waals surface area contributed by atoms with Gasteiger partial charge in [0.25, 0.3) is 0 Å². The second kappa shape index (κ2) is 8.77. The van der Waals surface area contributed by atoms with E-state index >= 15 is 0 Å². The highest BCUT2D eigenvalue weighted by Crippen LogP contribution is 2.19. The Balaban J connectivity index is 0.00000324. The average Bonchev–Trinajstić information content (AvgIpc) is 2.28. The number of hydrogen-bond donors (Lipinski definition) is 2. The highest BCUT2D eigenvalue weighted by Gasteiger charge is 2.10. The molecule has 0 aliphatic heterocycles. The molecule has 1 atom stereocenters. The van der Waals surface area contributed by atoms with Gasteiger partial charge in [-0.3, -0.25) is 4.79 Å². The molecule has 0 spiro atoms. The van der Waals surface area contributed by atoms with E-state index in [1.807, 2.05) is 24.3 Å². The third kappa shape index (κ3) is 7.03. The van der Waals surface area contributed by atoms with E-state index in [1.54, 1.807) is 0 Å². The van der Waals surface area contributed by atoms with Crippen molar-refractivity contribution in [1.29, 1.82) is 0 Å². The van der Waals surface area contributed by atoms with E-state index in [9.17, 15) is 4.79 Å². The lowest BCUT2D eigenvalue weighted by atomic mass is 10.0. The van der Waals surface area contributed by atoms with Gasteiger partial charge < -0.3 is 15.6 Å². The molecule has 0 amide bonds. The van der Waals surface area contributed by atoms with Crippen LogP contribution in [0.4, 0.5) is 0 Å². The molecule has 0 aliphatic carbocycles. The van der Waals surface area contributed by atoms with Gasteiger partial charge in [0.1, 0.15) is 5.75 Å². The van der Waals surface area contributed by atoms with Crippen molar-refractivity contribution in [3.63, 3.8) is 0 Å². The van der Waals surface area contributed by atoms with E-state index in [0.29, 0.717) is 12.5 Å². The van der Waals surface area contributed by atoms with E-state index in [0.717, 1.165) is 17.7 Å². The molecule has 1 aromatic carbocycles. The lowest BCUT2D eigenvalue weighted by molar-refractivity contribution is -0.137. The molecule has 108 valence electrons. The Kier molecular flexibility index (Phi) is 8.19. The predicted octanol–water partition coefficient (Wildman–Crippen LogP) is 3.01. The fraction of sp³-hybridized carbons (Fsp3) is 0.500. The van der Waals surface area contributed by atoms with Gasteiger partial charge in [-0.05, 0) is 30.0 Å². The van der Waals surface area contributed by atoms with Crippen LogP contribution in [0.5, 0.6) is 5.75 Å². The SMILES string of the molecule is CC(C)CCOc1ccc(C(N)CC(=O)O)cc1.Cl. The Bertz CT molecular complexity index is 379. The topological polar surface area (TPSA) is 72.5 Å². The number of hydrogen-bond acceptors (Lipinski definition) is 3. The maximum absolute atomic E-state index is 10.6. The summed E-state index contributed by atoms with van der Waals surface area (Å²) < 4.78 is 5.58. The molecule has 3 N–H and O–H groups in total. The molecule has 19 heavy (non-hydrogen) atoms. The van der Waals surface area contributed by atoms with Crippen LogP contribution < -0.4 is 10.5 Å². The van der Waals surface area contributed by atoms with E-state index < -0.39 is 12.0 Å². The molecule has 0 bridgehead atoms. The molecule has 4 nitrogen and oxygen atoms in total. The fourth-order valence-corrected chi connectivity index (χ4v) is 1.53. The minimum absolute atomic E-state index is 0. The normalized spacial score (nSPS) is 11.8. The largest absolute Gasteiger partial charge is 0.494 e. The molecule has 0 saturated carbocycles. The monoisotopic (exact) mass is 287 g/mol. The van der Waals surface area contributed by atoms with Crippen molar-refractivity contribution in [1.82, 2.24) is 0 Å². The number of carboxylic acid groups (broad SMARTS) is 1. The number of halogens is 1. The van der Waals surface area contributed by atoms with Gasteiger partial charge in [-0.2, -0.15) is 0 Å². The summed E-state index contributed by atoms with van der Waals surface area (Å²) >= 11 is 0. The zero-order valence-corrected chi connectivity index (χ0v) is 12.2. The summed E-state index contributed by atoms with van der Waals surface area (Å²) in [5.74, 6) is 0.523. The number of nitrogens with two attached hydrogens (primary N) is 1. The van der Waals surface area contributed by atoms with Crippen LogP contribution in [0.25, 0.3) is 0 Å². The number of ether oxygens (including phenoxy) is 1. The minimum atomic E-state index is -0.889. The molecular formula is C14H22ClNO3. The predicted molar refractivity (Wildman–Crippen MR) is 77.8 cm³/mol. The van der Waals surface area contributed by atoms with Gasteiger partial charge in [0.2, 0.25) is 0 Å². The lowest BCUT2D eigenvalue weighted by Gasteiger charge is -2.11. The van der Waals surface area contributed by atoms with Crippen LogP contribution >= 0.6 is 12.4 Å². The standard InChI is InChI=1S/C14H21NO3.ClH/c1-10(2)7-8-18-12-5-3-11(4-6-12)13(15)9-14(16)17;/h3-6,10,13H,7-9,15H2,1-2H3,(H,16,17);1H. The number of carboxylic acids is 1. The van der Waals surface area contributed by atoms with E-state index in [2.05, 4.69) is 13.8 Å². The Hall–Kier alpha value is -1.26. The van der Waals surface area contributed by atoms with Crippen LogP contribution in [0.15, 0.2) is 24.3 Å². The number of carbonyl (C=O) groups is 1. The van der Waals surface area contributed by atoms with Gasteiger partial charge in [0, 0.05) is 6.04 Å². The number of rotatable bonds is 7. The molecule has 0 aromatic heterocycles. The summed E-state index contributed by atoms with van der Waals surface area (Å²) in [4.78, 5) is 10.6. The number of aliphatic carboxylic acids is 1. The second-order valence-corrected chi connectivity index (χ2v) is 4.80. The Morgan fingerprint density at radius 1 is 1.32 bits per heavy atom. The van der Waals surface area contributed by atoms with Crippen molar-refractivity contribution in [3.8, 4) is 5.75 Å². The van der Waals surface area contributed by atoms with Gasteiger partial charge in [-0.1, -0.05) is 26.0 Å². The van der Waals surface area contributed by atoms with Crippen molar-refractivity contribution < 1.29 is 14.6 Å². The summed E-state index contributed by atoms with van der Waals surface area (Å²) in [6.45, 7) is 4.99. The Morgan fingerprint density at radius 3 is 2.37 bits per heavy atom. The average molecular weight is 288 g/mol. The van der Waals surface area contributed by atoms with Crippen molar-refractivity contribution in [2.45, 2.75) is 32.7 Å². The van der Waals surface area contributed by atoms with Crippen LogP contribution in [0.1, 0.15) is 38.3 Å². The van der Waals surface area contributed by atoms with Crippen molar-refractivity contribution >= 4 is 18.4 Å². The van der Waals surface area contributed by atoms with E-state index in [4.69, 9.17) is 15.6 Å². The Morgan fingerprint density at radius 2 is 1.89 bits per heavy atom. The first-order valence-corrected chi connectivity index (χ1v) is 6.19. The van der Waals surface area contributed by atoms with Gasteiger partial charge in [0.15, 0.2) is 0 Å². The summed E-state index contributed by atoms with van der Waals surface area (Å²) in [7, 11) is 0. The molecule has 1 rings (SSSR count). The van der Waals surface area contributed by atoms with Crippen LogP contribution in [0.3, 0.4) is 0 Å². The molecule has 0 heterocycles. The molecular weight excluding hydrogens is 266 g/mol. The minimum Gasteiger partial charge on any atom is -0.494 e. The zero-order chi connectivity index (χ0) is 13.5. The molecule has 5 heteroatoms. The van der Waals surface area contributed by atoms with Crippen molar-refractivity contribution in [3.05, 3.63) is 29.8 Å². The quantitative estimate of drug-likeness (QED) is 0.808. The van der Waals surface area contributed by atoms with Crippen LogP contribution in [-0.2, 0) is 4.79 Å². The summed E-state index contributed by atoms with van der Waals surface area (Å²) in [6.07, 6.45) is 0.952. The second-order valence-electron chi connectivity index (χ2n) is 4.80. The first kappa shape index (κ1) is 17.7. The molecule has 0 fully saturated rings. The highest BCUT2D eigenvalue weighted by molar-refractivity contribution is 5.85. The first-order valence-electron chi connectivity index (χ1n) is 6.19. The van der Waals surface area contributed by atoms with E-state index in [1.165, 1.54) is 0 Å². The molecule has 1 unspecified atom stereocenters. The third-order valence-corrected chi connectivity index (χ3v) is 2.67. The van der Waals surface area contributed by atoms with Crippen molar-refractivity contribution in [2.24, 2.45) is 11.7 Å². The summed E-state index contributed by atoms with van der Waals surface area (Å²) in [5, 5.41) is 8.66. The third-order valence-electron chi connectivity index (χ3n) is 2.67.